The van der Waals surface area contributed by atoms with Crippen molar-refractivity contribution in [3.63, 3.8) is 0 Å². The molecule has 2 heterocycles. The van der Waals surface area contributed by atoms with E-state index in [1.54, 1.807) is 6.07 Å². The van der Waals surface area contributed by atoms with Crippen LogP contribution in [0.2, 0.25) is 0 Å². The first-order chi connectivity index (χ1) is 12.7. The second kappa shape index (κ2) is 8.62. The van der Waals surface area contributed by atoms with Crippen molar-refractivity contribution in [3.8, 4) is 5.75 Å². The third-order valence-electron chi connectivity index (χ3n) is 4.03. The number of amides is 1. The van der Waals surface area contributed by atoms with Crippen LogP contribution in [0, 0.1) is 6.92 Å². The van der Waals surface area contributed by atoms with Crippen molar-refractivity contribution in [2.75, 3.05) is 25.1 Å². The molecule has 1 saturated heterocycles. The van der Waals surface area contributed by atoms with Gasteiger partial charge in [-0.3, -0.25) is 4.79 Å². The Kier molecular flexibility index (Phi) is 6.01. The summed E-state index contributed by atoms with van der Waals surface area (Å²) in [4.78, 5) is 21.1. The summed E-state index contributed by atoms with van der Waals surface area (Å²) in [5.74, 6) is 0.844. The molecule has 7 heteroatoms. The van der Waals surface area contributed by atoms with Crippen LogP contribution in [-0.4, -0.2) is 41.7 Å². The minimum absolute atomic E-state index is 0.0950. The molecular weight excluding hydrogens is 332 g/mol. The van der Waals surface area contributed by atoms with Crippen molar-refractivity contribution in [1.29, 1.82) is 0 Å². The Labute approximate surface area is 153 Å². The molecule has 1 aromatic carbocycles. The van der Waals surface area contributed by atoms with Crippen LogP contribution in [0.15, 0.2) is 30.3 Å². The number of nitrogens with one attached hydrogen (secondary N) is 2. The molecule has 1 amide bonds. The van der Waals surface area contributed by atoms with Gasteiger partial charge in [-0.15, -0.1) is 0 Å². The molecule has 1 aliphatic heterocycles. The zero-order valence-corrected chi connectivity index (χ0v) is 15.1. The summed E-state index contributed by atoms with van der Waals surface area (Å²) in [6.45, 7) is 5.58. The first-order valence-corrected chi connectivity index (χ1v) is 8.90. The van der Waals surface area contributed by atoms with Gasteiger partial charge < -0.3 is 20.1 Å². The van der Waals surface area contributed by atoms with Gasteiger partial charge in [0.05, 0.1) is 18.4 Å². The van der Waals surface area contributed by atoms with Crippen LogP contribution in [0.4, 0.5) is 11.6 Å². The van der Waals surface area contributed by atoms with E-state index >= 15 is 0 Å². The van der Waals surface area contributed by atoms with E-state index < -0.39 is 0 Å². The lowest BCUT2D eigenvalue weighted by atomic mass is 10.2. The quantitative estimate of drug-likeness (QED) is 0.793. The summed E-state index contributed by atoms with van der Waals surface area (Å²) in [7, 11) is 0. The van der Waals surface area contributed by atoms with Crippen LogP contribution < -0.4 is 15.4 Å². The van der Waals surface area contributed by atoms with Crippen LogP contribution in [0.5, 0.6) is 5.75 Å². The average Bonchev–Trinajstić information content (AvgIpc) is 3.15. The molecule has 3 rings (SSSR count). The number of carbonyl (C=O) groups is 1. The zero-order chi connectivity index (χ0) is 18.4. The fourth-order valence-electron chi connectivity index (χ4n) is 2.81. The Hall–Kier alpha value is -2.67. The molecular formula is C19H24N4O3. The van der Waals surface area contributed by atoms with Gasteiger partial charge >= 0.3 is 0 Å². The lowest BCUT2D eigenvalue weighted by Crippen LogP contribution is -2.32. The molecule has 0 radical (unpaired) electrons. The van der Waals surface area contributed by atoms with Gasteiger partial charge in [0.1, 0.15) is 11.4 Å². The fourth-order valence-corrected chi connectivity index (χ4v) is 2.81. The molecule has 2 N–H and O–H groups in total. The predicted molar refractivity (Wildman–Crippen MR) is 99.0 cm³/mol. The number of hydrogen-bond acceptors (Lipinski definition) is 6. The Morgan fingerprint density at radius 1 is 1.35 bits per heavy atom. The van der Waals surface area contributed by atoms with E-state index in [-0.39, 0.29) is 12.0 Å². The molecule has 2 aromatic rings. The molecule has 0 bridgehead atoms. The fraction of sp³-hybridized carbons (Fsp3) is 0.421. The van der Waals surface area contributed by atoms with E-state index in [1.807, 2.05) is 38.1 Å². The summed E-state index contributed by atoms with van der Waals surface area (Å²) >= 11 is 0. The van der Waals surface area contributed by atoms with Crippen molar-refractivity contribution >= 4 is 17.5 Å². The number of aromatic nitrogens is 2. The summed E-state index contributed by atoms with van der Waals surface area (Å²) < 4.78 is 11.1. The van der Waals surface area contributed by atoms with E-state index in [9.17, 15) is 4.79 Å². The van der Waals surface area contributed by atoms with Crippen LogP contribution in [0.3, 0.4) is 0 Å². The molecule has 1 atom stereocenters. The normalized spacial score (nSPS) is 16.3. The Morgan fingerprint density at radius 2 is 2.19 bits per heavy atom. The number of anilines is 2. The topological polar surface area (TPSA) is 85.4 Å². The highest BCUT2D eigenvalue weighted by molar-refractivity contribution is 5.92. The lowest BCUT2D eigenvalue weighted by Gasteiger charge is -2.13. The molecule has 0 aliphatic carbocycles. The monoisotopic (exact) mass is 356 g/mol. The molecule has 1 aromatic heterocycles. The predicted octanol–water partition coefficient (Wildman–Crippen LogP) is 2.84. The number of hydrogen-bond donors (Lipinski definition) is 2. The molecule has 0 spiro atoms. The summed E-state index contributed by atoms with van der Waals surface area (Å²) in [5.41, 5.74) is 1.79. The molecule has 1 fully saturated rings. The van der Waals surface area contributed by atoms with E-state index in [1.165, 1.54) is 0 Å². The Bertz CT molecular complexity index is 760. The van der Waals surface area contributed by atoms with Crippen LogP contribution in [0.25, 0.3) is 0 Å². The van der Waals surface area contributed by atoms with E-state index in [2.05, 4.69) is 20.6 Å². The number of ether oxygens (including phenoxy) is 2. The summed E-state index contributed by atoms with van der Waals surface area (Å²) in [6, 6.07) is 9.22. The van der Waals surface area contributed by atoms with Gasteiger partial charge in [0.2, 0.25) is 5.95 Å². The maximum absolute atomic E-state index is 12.4. The van der Waals surface area contributed by atoms with Gasteiger partial charge in [0.15, 0.2) is 0 Å². The third kappa shape index (κ3) is 4.70. The van der Waals surface area contributed by atoms with Gasteiger partial charge in [-0.25, -0.2) is 9.97 Å². The van der Waals surface area contributed by atoms with Gasteiger partial charge in [-0.05, 0) is 44.9 Å². The summed E-state index contributed by atoms with van der Waals surface area (Å²) in [6.07, 6.45) is 2.11. The second-order valence-electron chi connectivity index (χ2n) is 6.12. The van der Waals surface area contributed by atoms with Gasteiger partial charge in [0, 0.05) is 18.8 Å². The van der Waals surface area contributed by atoms with Crippen molar-refractivity contribution in [2.24, 2.45) is 0 Å². The maximum Gasteiger partial charge on any atom is 0.270 e. The molecule has 138 valence electrons. The van der Waals surface area contributed by atoms with Gasteiger partial charge in [0.25, 0.3) is 5.91 Å². The van der Waals surface area contributed by atoms with Crippen LogP contribution in [-0.2, 0) is 4.74 Å². The van der Waals surface area contributed by atoms with Crippen molar-refractivity contribution in [3.05, 3.63) is 41.7 Å². The number of carbonyl (C=O) groups excluding carboxylic acids is 1. The highest BCUT2D eigenvalue weighted by atomic mass is 16.5. The van der Waals surface area contributed by atoms with Crippen LogP contribution >= 0.6 is 0 Å². The smallest absolute Gasteiger partial charge is 0.270 e. The number of aryl methyl sites for hydroxylation is 1. The third-order valence-corrected chi connectivity index (χ3v) is 4.03. The number of benzene rings is 1. The molecule has 1 unspecified atom stereocenters. The highest BCUT2D eigenvalue weighted by Crippen LogP contribution is 2.26. The SMILES string of the molecule is CCOc1ccccc1Nc1nc(C)cc(C(=O)NCC2CCCO2)n1. The first kappa shape index (κ1) is 18.1. The van der Waals surface area contributed by atoms with Crippen LogP contribution in [0.1, 0.15) is 35.9 Å². The molecule has 0 saturated carbocycles. The largest absolute Gasteiger partial charge is 0.492 e. The minimum atomic E-state index is -0.229. The molecule has 1 aliphatic rings. The van der Waals surface area contributed by atoms with Gasteiger partial charge in [-0.2, -0.15) is 0 Å². The van der Waals surface area contributed by atoms with Crippen molar-refractivity contribution in [1.82, 2.24) is 15.3 Å². The summed E-state index contributed by atoms with van der Waals surface area (Å²) in [5, 5.41) is 6.02. The zero-order valence-electron chi connectivity index (χ0n) is 15.1. The standard InChI is InChI=1S/C19H24N4O3/c1-3-25-17-9-5-4-8-15(17)22-19-21-13(2)11-16(23-19)18(24)20-12-14-7-6-10-26-14/h4-5,8-9,11,14H,3,6-7,10,12H2,1-2H3,(H,20,24)(H,21,22,23). The number of rotatable bonds is 7. The Balaban J connectivity index is 1.72. The lowest BCUT2D eigenvalue weighted by molar-refractivity contribution is 0.0853. The van der Waals surface area contributed by atoms with E-state index in [4.69, 9.17) is 9.47 Å². The maximum atomic E-state index is 12.4. The highest BCUT2D eigenvalue weighted by Gasteiger charge is 2.18. The molecule has 7 nitrogen and oxygen atoms in total. The minimum Gasteiger partial charge on any atom is -0.492 e. The van der Waals surface area contributed by atoms with E-state index in [0.29, 0.717) is 36.2 Å². The number of para-hydroxylation sites is 2. The first-order valence-electron chi connectivity index (χ1n) is 8.90. The molecule has 26 heavy (non-hydrogen) atoms. The van der Waals surface area contributed by atoms with Crippen molar-refractivity contribution in [2.45, 2.75) is 32.8 Å². The average molecular weight is 356 g/mol. The Morgan fingerprint density at radius 3 is 2.96 bits per heavy atom. The van der Waals surface area contributed by atoms with Crippen molar-refractivity contribution < 1.29 is 14.3 Å². The second-order valence-corrected chi connectivity index (χ2v) is 6.12. The van der Waals surface area contributed by atoms with Gasteiger partial charge in [-0.1, -0.05) is 12.1 Å². The van der Waals surface area contributed by atoms with E-state index in [0.717, 1.165) is 25.1 Å². The number of nitrogens with zero attached hydrogens (tertiary/aromatic N) is 2.